The molecule has 0 heterocycles. The second kappa shape index (κ2) is 9.57. The molecule has 3 aromatic carbocycles. The Balaban J connectivity index is 1.89. The molecule has 0 spiro atoms. The monoisotopic (exact) mass is 418 g/mol. The summed E-state index contributed by atoms with van der Waals surface area (Å²) in [5.41, 5.74) is 4.38. The maximum absolute atomic E-state index is 11.3. The van der Waals surface area contributed by atoms with Gasteiger partial charge in [-0.3, -0.25) is 10.1 Å². The number of nitro groups is 1. The summed E-state index contributed by atoms with van der Waals surface area (Å²) in [7, 11) is 3.37. The van der Waals surface area contributed by atoms with Gasteiger partial charge in [0.05, 0.1) is 23.4 Å². The predicted molar refractivity (Wildman–Crippen MR) is 120 cm³/mol. The van der Waals surface area contributed by atoms with E-state index in [1.165, 1.54) is 13.2 Å². The average Bonchev–Trinajstić information content (AvgIpc) is 2.77. The van der Waals surface area contributed by atoms with Crippen LogP contribution in [0.4, 0.5) is 34.1 Å². The van der Waals surface area contributed by atoms with E-state index in [0.29, 0.717) is 22.8 Å². The van der Waals surface area contributed by atoms with Gasteiger partial charge < -0.3 is 10.1 Å². The minimum Gasteiger partial charge on any atom is -0.494 e. The van der Waals surface area contributed by atoms with Gasteiger partial charge in [0.15, 0.2) is 5.69 Å². The summed E-state index contributed by atoms with van der Waals surface area (Å²) in [6.45, 7) is 3.63. The normalized spacial score (nSPS) is 11.2. The number of aryl methyl sites for hydroxylation is 2. The summed E-state index contributed by atoms with van der Waals surface area (Å²) in [4.78, 5) is 10.8. The zero-order valence-electron chi connectivity index (χ0n) is 17.7. The Kier molecular flexibility index (Phi) is 6.66. The maximum atomic E-state index is 11.3. The molecule has 9 heteroatoms. The number of hydrogen-bond donors (Lipinski definition) is 1. The molecule has 31 heavy (non-hydrogen) atoms. The van der Waals surface area contributed by atoms with Crippen molar-refractivity contribution in [2.24, 2.45) is 20.5 Å². The van der Waals surface area contributed by atoms with Gasteiger partial charge >= 0.3 is 0 Å². The molecule has 1 N–H and O–H groups in total. The lowest BCUT2D eigenvalue weighted by atomic mass is 10.1. The van der Waals surface area contributed by atoms with Crippen LogP contribution in [0.3, 0.4) is 0 Å². The smallest absolute Gasteiger partial charge is 0.296 e. The van der Waals surface area contributed by atoms with E-state index in [2.05, 4.69) is 25.8 Å². The van der Waals surface area contributed by atoms with E-state index < -0.39 is 4.92 Å². The molecule has 9 nitrogen and oxygen atoms in total. The van der Waals surface area contributed by atoms with Crippen molar-refractivity contribution >= 4 is 34.1 Å². The first-order chi connectivity index (χ1) is 14.9. The highest BCUT2D eigenvalue weighted by Gasteiger charge is 2.14. The van der Waals surface area contributed by atoms with E-state index in [0.717, 1.165) is 16.8 Å². The minimum absolute atomic E-state index is 0.0944. The van der Waals surface area contributed by atoms with Crippen LogP contribution in [0.5, 0.6) is 5.75 Å². The highest BCUT2D eigenvalue weighted by atomic mass is 16.6. The number of methoxy groups -OCH3 is 1. The van der Waals surface area contributed by atoms with Crippen LogP contribution in [0.25, 0.3) is 0 Å². The van der Waals surface area contributed by atoms with Gasteiger partial charge in [0.25, 0.3) is 5.69 Å². The number of nitro benzene ring substituents is 1. The van der Waals surface area contributed by atoms with Gasteiger partial charge in [-0.05, 0) is 61.4 Å². The van der Waals surface area contributed by atoms with Gasteiger partial charge in [0, 0.05) is 24.9 Å². The van der Waals surface area contributed by atoms with Crippen LogP contribution in [-0.4, -0.2) is 19.1 Å². The number of benzene rings is 3. The molecule has 0 aromatic heterocycles. The molecule has 0 fully saturated rings. The summed E-state index contributed by atoms with van der Waals surface area (Å²) in [5.74, 6) is 0.466. The van der Waals surface area contributed by atoms with Gasteiger partial charge in [-0.25, -0.2) is 0 Å². The fraction of sp³-hybridized carbons (Fsp3) is 0.182. The lowest BCUT2D eigenvalue weighted by Gasteiger charge is -2.07. The van der Waals surface area contributed by atoms with Gasteiger partial charge in [0.1, 0.15) is 11.4 Å². The van der Waals surface area contributed by atoms with Crippen LogP contribution in [0, 0.1) is 24.0 Å². The fourth-order valence-electron chi connectivity index (χ4n) is 2.79. The second-order valence-electron chi connectivity index (χ2n) is 6.76. The molecule has 0 aliphatic rings. The summed E-state index contributed by atoms with van der Waals surface area (Å²) in [6, 6.07) is 15.8. The Hall–Kier alpha value is -4.14. The molecule has 0 bridgehead atoms. The predicted octanol–water partition coefficient (Wildman–Crippen LogP) is 7.09. The first-order valence-corrected chi connectivity index (χ1v) is 9.46. The Labute approximate surface area is 179 Å². The molecule has 3 rings (SSSR count). The van der Waals surface area contributed by atoms with Crippen molar-refractivity contribution < 1.29 is 9.66 Å². The number of hydrogen-bond acceptors (Lipinski definition) is 8. The topological polar surface area (TPSA) is 114 Å². The summed E-state index contributed by atoms with van der Waals surface area (Å²) < 4.78 is 5.42. The largest absolute Gasteiger partial charge is 0.494 e. The minimum atomic E-state index is -0.471. The standard InChI is InChI=1S/C22H22N6O3/c1-14-5-10-18(21(11-14)28(29)30)25-26-19-13-22(31-4)20(12-15(19)2)27-24-17-8-6-16(23-3)7-9-17/h5-13,23H,1-4H3. The summed E-state index contributed by atoms with van der Waals surface area (Å²) in [5, 5.41) is 31.1. The molecular formula is C22H22N6O3. The van der Waals surface area contributed by atoms with E-state index >= 15 is 0 Å². The van der Waals surface area contributed by atoms with Crippen LogP contribution < -0.4 is 10.1 Å². The quantitative estimate of drug-likeness (QED) is 0.250. The number of ether oxygens (including phenoxy) is 1. The number of rotatable bonds is 7. The molecule has 0 saturated heterocycles. The van der Waals surface area contributed by atoms with Crippen molar-refractivity contribution in [2.75, 3.05) is 19.5 Å². The van der Waals surface area contributed by atoms with E-state index in [-0.39, 0.29) is 11.4 Å². The van der Waals surface area contributed by atoms with Crippen LogP contribution in [0.2, 0.25) is 0 Å². The zero-order chi connectivity index (χ0) is 22.4. The Bertz CT molecular complexity index is 1160. The number of anilines is 1. The lowest BCUT2D eigenvalue weighted by Crippen LogP contribution is -1.89. The van der Waals surface area contributed by atoms with Gasteiger partial charge in [-0.15, -0.1) is 15.3 Å². The van der Waals surface area contributed by atoms with Crippen molar-refractivity contribution in [3.05, 3.63) is 75.8 Å². The molecule has 158 valence electrons. The van der Waals surface area contributed by atoms with Crippen LogP contribution in [0.1, 0.15) is 11.1 Å². The third-order valence-electron chi connectivity index (χ3n) is 4.52. The van der Waals surface area contributed by atoms with E-state index in [4.69, 9.17) is 4.74 Å². The van der Waals surface area contributed by atoms with E-state index in [1.807, 2.05) is 38.2 Å². The summed E-state index contributed by atoms with van der Waals surface area (Å²) in [6.07, 6.45) is 0. The second-order valence-corrected chi connectivity index (χ2v) is 6.76. The van der Waals surface area contributed by atoms with Crippen molar-refractivity contribution in [2.45, 2.75) is 13.8 Å². The molecule has 3 aromatic rings. The molecule has 0 aliphatic heterocycles. The van der Waals surface area contributed by atoms with Crippen molar-refractivity contribution in [1.29, 1.82) is 0 Å². The first-order valence-electron chi connectivity index (χ1n) is 9.46. The van der Waals surface area contributed by atoms with Crippen LogP contribution in [-0.2, 0) is 0 Å². The van der Waals surface area contributed by atoms with Crippen LogP contribution >= 0.6 is 0 Å². The SMILES string of the molecule is CNc1ccc(N=Nc2cc(C)c(N=Nc3ccc(C)cc3[N+](=O)[O-])cc2OC)cc1. The van der Waals surface area contributed by atoms with Gasteiger partial charge in [-0.1, -0.05) is 6.07 Å². The molecule has 0 unspecified atom stereocenters. The van der Waals surface area contributed by atoms with Crippen molar-refractivity contribution in [1.82, 2.24) is 0 Å². The molecule has 0 saturated carbocycles. The molecule has 0 atom stereocenters. The average molecular weight is 418 g/mol. The number of nitrogens with one attached hydrogen (secondary N) is 1. The summed E-state index contributed by atoms with van der Waals surface area (Å²) >= 11 is 0. The number of nitrogens with zero attached hydrogens (tertiary/aromatic N) is 5. The van der Waals surface area contributed by atoms with Crippen molar-refractivity contribution in [3.63, 3.8) is 0 Å². The van der Waals surface area contributed by atoms with Gasteiger partial charge in [-0.2, -0.15) is 5.11 Å². The fourth-order valence-corrected chi connectivity index (χ4v) is 2.79. The molecule has 0 amide bonds. The third kappa shape index (κ3) is 5.27. The third-order valence-corrected chi connectivity index (χ3v) is 4.52. The van der Waals surface area contributed by atoms with Gasteiger partial charge in [0.2, 0.25) is 0 Å². The first kappa shape index (κ1) is 21.6. The maximum Gasteiger partial charge on any atom is 0.296 e. The zero-order valence-corrected chi connectivity index (χ0v) is 17.7. The van der Waals surface area contributed by atoms with E-state index in [1.54, 1.807) is 31.2 Å². The lowest BCUT2D eigenvalue weighted by molar-refractivity contribution is -0.384. The Morgan fingerprint density at radius 3 is 2.19 bits per heavy atom. The highest BCUT2D eigenvalue weighted by molar-refractivity contribution is 5.64. The Morgan fingerprint density at radius 1 is 0.871 bits per heavy atom. The van der Waals surface area contributed by atoms with Crippen molar-refractivity contribution in [3.8, 4) is 5.75 Å². The van der Waals surface area contributed by atoms with Crippen LogP contribution in [0.15, 0.2) is 75.1 Å². The molecule has 0 aliphatic carbocycles. The molecular weight excluding hydrogens is 396 g/mol. The Morgan fingerprint density at radius 2 is 1.55 bits per heavy atom. The molecule has 0 radical (unpaired) electrons. The highest BCUT2D eigenvalue weighted by Crippen LogP contribution is 2.37. The number of azo groups is 2. The van der Waals surface area contributed by atoms with E-state index in [9.17, 15) is 10.1 Å².